The summed E-state index contributed by atoms with van der Waals surface area (Å²) in [5.41, 5.74) is 0.808. The van der Waals surface area contributed by atoms with E-state index in [-0.39, 0.29) is 5.54 Å². The summed E-state index contributed by atoms with van der Waals surface area (Å²) in [5.74, 6) is 1.62. The Bertz CT molecular complexity index is 753. The van der Waals surface area contributed by atoms with E-state index in [1.165, 1.54) is 0 Å². The number of fused-ring (bicyclic) bond motifs is 1. The van der Waals surface area contributed by atoms with Gasteiger partial charge in [-0.3, -0.25) is 4.98 Å². The highest BCUT2D eigenvalue weighted by Gasteiger charge is 2.18. The molecule has 0 unspecified atom stereocenters. The maximum absolute atomic E-state index is 5.94. The van der Waals surface area contributed by atoms with Gasteiger partial charge in [0.2, 0.25) is 0 Å². The first-order valence-corrected chi connectivity index (χ1v) is 6.91. The molecule has 3 rings (SSSR count). The molecule has 5 heteroatoms. The number of aromatic nitrogens is 4. The first-order chi connectivity index (χ1) is 10.1. The number of pyridine rings is 1. The summed E-state index contributed by atoms with van der Waals surface area (Å²) in [6, 6.07) is 9.80. The van der Waals surface area contributed by atoms with Crippen LogP contribution in [0.3, 0.4) is 0 Å². The first-order valence-electron chi connectivity index (χ1n) is 6.91. The van der Waals surface area contributed by atoms with Gasteiger partial charge in [0.25, 0.3) is 0 Å². The maximum atomic E-state index is 5.94. The van der Waals surface area contributed by atoms with Crippen molar-refractivity contribution in [1.29, 1.82) is 0 Å². The Hall–Kier alpha value is -2.43. The summed E-state index contributed by atoms with van der Waals surface area (Å²) in [6.45, 7) is 6.65. The van der Waals surface area contributed by atoms with Crippen molar-refractivity contribution < 1.29 is 4.74 Å². The molecule has 0 amide bonds. The monoisotopic (exact) mass is 282 g/mol. The normalized spacial score (nSPS) is 11.8. The minimum absolute atomic E-state index is 0.116. The molecule has 3 aromatic rings. The largest absolute Gasteiger partial charge is 0.485 e. The minimum atomic E-state index is -0.116. The second-order valence-corrected chi connectivity index (χ2v) is 5.87. The summed E-state index contributed by atoms with van der Waals surface area (Å²) in [5, 5.41) is 5.28. The van der Waals surface area contributed by atoms with E-state index in [4.69, 9.17) is 4.74 Å². The predicted molar refractivity (Wildman–Crippen MR) is 81.1 cm³/mol. The molecule has 5 nitrogen and oxygen atoms in total. The van der Waals surface area contributed by atoms with Gasteiger partial charge >= 0.3 is 0 Å². The molecule has 0 N–H and O–H groups in total. The second kappa shape index (κ2) is 5.16. The Balaban J connectivity index is 1.86. The minimum Gasteiger partial charge on any atom is -0.485 e. The van der Waals surface area contributed by atoms with Gasteiger partial charge in [0.15, 0.2) is 5.82 Å². The van der Waals surface area contributed by atoms with Crippen LogP contribution >= 0.6 is 0 Å². The van der Waals surface area contributed by atoms with Crippen molar-refractivity contribution in [2.24, 2.45) is 0 Å². The molecule has 0 radical (unpaired) electrons. The van der Waals surface area contributed by atoms with Crippen molar-refractivity contribution in [3.05, 3.63) is 48.7 Å². The van der Waals surface area contributed by atoms with Crippen molar-refractivity contribution in [3.63, 3.8) is 0 Å². The standard InChI is InChI=1S/C16H18N4O/c1-16(2,3)20-15(18-11-19-20)10-21-14-8-9-17-13-7-5-4-6-12(13)14/h4-9,11H,10H2,1-3H3. The lowest BCUT2D eigenvalue weighted by Gasteiger charge is -2.21. The second-order valence-electron chi connectivity index (χ2n) is 5.87. The molecule has 0 saturated heterocycles. The van der Waals surface area contributed by atoms with E-state index in [0.29, 0.717) is 6.61 Å². The number of hydrogen-bond acceptors (Lipinski definition) is 4. The first kappa shape index (κ1) is 13.5. The van der Waals surface area contributed by atoms with Crippen molar-refractivity contribution in [2.45, 2.75) is 32.9 Å². The van der Waals surface area contributed by atoms with Crippen LogP contribution in [0.15, 0.2) is 42.9 Å². The van der Waals surface area contributed by atoms with Crippen molar-refractivity contribution in [2.75, 3.05) is 0 Å². The van der Waals surface area contributed by atoms with E-state index in [9.17, 15) is 0 Å². The van der Waals surface area contributed by atoms with Gasteiger partial charge in [0, 0.05) is 11.6 Å². The number of benzene rings is 1. The third kappa shape index (κ3) is 2.72. The van der Waals surface area contributed by atoms with Crippen LogP contribution in [0.5, 0.6) is 5.75 Å². The number of ether oxygens (including phenoxy) is 1. The highest BCUT2D eigenvalue weighted by atomic mass is 16.5. The van der Waals surface area contributed by atoms with Gasteiger partial charge in [-0.05, 0) is 39.0 Å². The fourth-order valence-corrected chi connectivity index (χ4v) is 2.26. The molecule has 0 atom stereocenters. The zero-order valence-electron chi connectivity index (χ0n) is 12.4. The van der Waals surface area contributed by atoms with Crippen LogP contribution in [-0.4, -0.2) is 19.7 Å². The lowest BCUT2D eigenvalue weighted by molar-refractivity contribution is 0.262. The molecule has 2 aromatic heterocycles. The van der Waals surface area contributed by atoms with Gasteiger partial charge < -0.3 is 4.74 Å². The van der Waals surface area contributed by atoms with Crippen LogP contribution in [-0.2, 0) is 12.1 Å². The Morgan fingerprint density at radius 3 is 2.71 bits per heavy atom. The molecule has 0 bridgehead atoms. The third-order valence-electron chi connectivity index (χ3n) is 3.22. The Labute approximate surface area is 123 Å². The summed E-state index contributed by atoms with van der Waals surface area (Å²) >= 11 is 0. The third-order valence-corrected chi connectivity index (χ3v) is 3.22. The van der Waals surface area contributed by atoms with E-state index in [1.807, 2.05) is 35.0 Å². The van der Waals surface area contributed by atoms with E-state index >= 15 is 0 Å². The van der Waals surface area contributed by atoms with E-state index in [2.05, 4.69) is 35.8 Å². The molecular weight excluding hydrogens is 264 g/mol. The summed E-state index contributed by atoms with van der Waals surface area (Å²) in [6.07, 6.45) is 3.32. The molecule has 0 aliphatic carbocycles. The zero-order chi connectivity index (χ0) is 14.9. The van der Waals surface area contributed by atoms with Gasteiger partial charge in [-0.25, -0.2) is 9.67 Å². The van der Waals surface area contributed by atoms with Gasteiger partial charge in [-0.2, -0.15) is 5.10 Å². The highest BCUT2D eigenvalue weighted by Crippen LogP contribution is 2.24. The number of nitrogens with zero attached hydrogens (tertiary/aromatic N) is 4. The van der Waals surface area contributed by atoms with Crippen LogP contribution < -0.4 is 4.74 Å². The molecule has 1 aromatic carbocycles. The molecule has 0 fully saturated rings. The molecule has 2 heterocycles. The van der Waals surface area contributed by atoms with E-state index < -0.39 is 0 Å². The smallest absolute Gasteiger partial charge is 0.165 e. The zero-order valence-corrected chi connectivity index (χ0v) is 12.4. The molecule has 0 aliphatic heterocycles. The van der Waals surface area contributed by atoms with Crippen molar-refractivity contribution >= 4 is 10.9 Å². The fraction of sp³-hybridized carbons (Fsp3) is 0.312. The Kier molecular flexibility index (Phi) is 3.33. The molecule has 21 heavy (non-hydrogen) atoms. The topological polar surface area (TPSA) is 52.8 Å². The maximum Gasteiger partial charge on any atom is 0.165 e. The average molecular weight is 282 g/mol. The van der Waals surface area contributed by atoms with Crippen LogP contribution in [0.4, 0.5) is 0 Å². The number of para-hydroxylation sites is 1. The number of rotatable bonds is 3. The average Bonchev–Trinajstić information content (AvgIpc) is 2.93. The van der Waals surface area contributed by atoms with Gasteiger partial charge in [0.05, 0.1) is 11.1 Å². The SMILES string of the molecule is CC(C)(C)n1ncnc1COc1ccnc2ccccc12. The molecular formula is C16H18N4O. The lowest BCUT2D eigenvalue weighted by atomic mass is 10.1. The molecule has 0 aliphatic rings. The van der Waals surface area contributed by atoms with Crippen molar-refractivity contribution in [1.82, 2.24) is 19.7 Å². The summed E-state index contributed by atoms with van der Waals surface area (Å²) in [4.78, 5) is 8.62. The Morgan fingerprint density at radius 2 is 1.90 bits per heavy atom. The fourth-order valence-electron chi connectivity index (χ4n) is 2.26. The molecule has 108 valence electrons. The van der Waals surface area contributed by atoms with Gasteiger partial charge in [0.1, 0.15) is 18.7 Å². The summed E-state index contributed by atoms with van der Waals surface area (Å²) < 4.78 is 7.82. The van der Waals surface area contributed by atoms with Gasteiger partial charge in [-0.1, -0.05) is 12.1 Å². The van der Waals surface area contributed by atoms with E-state index in [0.717, 1.165) is 22.5 Å². The lowest BCUT2D eigenvalue weighted by Crippen LogP contribution is -2.26. The highest BCUT2D eigenvalue weighted by molar-refractivity contribution is 5.84. The van der Waals surface area contributed by atoms with Gasteiger partial charge in [-0.15, -0.1) is 0 Å². The number of hydrogen-bond donors (Lipinski definition) is 0. The van der Waals surface area contributed by atoms with Crippen LogP contribution in [0.25, 0.3) is 10.9 Å². The van der Waals surface area contributed by atoms with Crippen LogP contribution in [0.2, 0.25) is 0 Å². The molecule has 0 saturated carbocycles. The molecule has 0 spiro atoms. The van der Waals surface area contributed by atoms with Crippen molar-refractivity contribution in [3.8, 4) is 5.75 Å². The van der Waals surface area contributed by atoms with E-state index in [1.54, 1.807) is 12.5 Å². The van der Waals surface area contributed by atoms with Crippen LogP contribution in [0, 0.1) is 0 Å². The predicted octanol–water partition coefficient (Wildman–Crippen LogP) is 3.16. The summed E-state index contributed by atoms with van der Waals surface area (Å²) in [7, 11) is 0. The quantitative estimate of drug-likeness (QED) is 0.740. The van der Waals surface area contributed by atoms with Crippen LogP contribution in [0.1, 0.15) is 26.6 Å². The Morgan fingerprint density at radius 1 is 1.10 bits per heavy atom.